The van der Waals surface area contributed by atoms with Gasteiger partial charge in [-0.25, -0.2) is 4.39 Å². The average Bonchev–Trinajstić information content (AvgIpc) is 2.61. The van der Waals surface area contributed by atoms with Gasteiger partial charge in [-0.1, -0.05) is 42.5 Å². The fourth-order valence-electron chi connectivity index (χ4n) is 2.50. The number of carbonyl (C=O) groups excluding carboxylic acids is 2. The van der Waals surface area contributed by atoms with E-state index in [4.69, 9.17) is 0 Å². The number of benzene rings is 3. The third-order valence-corrected chi connectivity index (χ3v) is 4.81. The quantitative estimate of drug-likeness (QED) is 0.523. The topological polar surface area (TPSA) is 46.2 Å². The smallest absolute Gasteiger partial charge is 0.234 e. The Labute approximate surface area is 149 Å². The van der Waals surface area contributed by atoms with Gasteiger partial charge in [-0.15, -0.1) is 11.8 Å². The van der Waals surface area contributed by atoms with E-state index in [1.54, 1.807) is 6.07 Å². The number of hydrogen-bond acceptors (Lipinski definition) is 3. The summed E-state index contributed by atoms with van der Waals surface area (Å²) in [4.78, 5) is 23.8. The highest BCUT2D eigenvalue weighted by molar-refractivity contribution is 8.00. The molecule has 3 aromatic carbocycles. The van der Waals surface area contributed by atoms with Crippen LogP contribution < -0.4 is 5.32 Å². The van der Waals surface area contributed by atoms with Crippen molar-refractivity contribution in [3.05, 3.63) is 72.0 Å². The van der Waals surface area contributed by atoms with Gasteiger partial charge in [-0.3, -0.25) is 9.59 Å². The molecule has 0 unspecified atom stereocenters. The molecule has 3 aromatic rings. The van der Waals surface area contributed by atoms with Crippen LogP contribution in [0, 0.1) is 5.82 Å². The van der Waals surface area contributed by atoms with Gasteiger partial charge in [0.25, 0.3) is 0 Å². The molecule has 0 radical (unpaired) electrons. The van der Waals surface area contributed by atoms with Crippen LogP contribution in [0.4, 0.5) is 10.1 Å². The summed E-state index contributed by atoms with van der Waals surface area (Å²) in [6, 6.07) is 17.8. The number of Topliss-reactive ketones (excluding diaryl/α,β-unsaturated/α-hetero) is 1. The van der Waals surface area contributed by atoms with Crippen LogP contribution in [0.1, 0.15) is 17.3 Å². The van der Waals surface area contributed by atoms with E-state index in [2.05, 4.69) is 5.32 Å². The Kier molecular flexibility index (Phi) is 5.14. The van der Waals surface area contributed by atoms with Crippen LogP contribution in [-0.2, 0) is 4.79 Å². The number of halogens is 1. The van der Waals surface area contributed by atoms with Crippen LogP contribution >= 0.6 is 11.8 Å². The van der Waals surface area contributed by atoms with E-state index < -0.39 is 5.82 Å². The van der Waals surface area contributed by atoms with E-state index in [1.807, 2.05) is 42.5 Å². The van der Waals surface area contributed by atoms with Crippen molar-refractivity contribution in [1.82, 2.24) is 0 Å². The Morgan fingerprint density at radius 3 is 2.56 bits per heavy atom. The van der Waals surface area contributed by atoms with E-state index in [-0.39, 0.29) is 17.4 Å². The van der Waals surface area contributed by atoms with Crippen molar-refractivity contribution < 1.29 is 14.0 Å². The Balaban J connectivity index is 1.68. The molecule has 0 spiro atoms. The van der Waals surface area contributed by atoms with E-state index in [0.29, 0.717) is 10.5 Å². The molecule has 0 fully saturated rings. The van der Waals surface area contributed by atoms with Gasteiger partial charge in [-0.2, -0.15) is 0 Å². The molecular weight excluding hydrogens is 337 g/mol. The normalized spacial score (nSPS) is 10.6. The van der Waals surface area contributed by atoms with Gasteiger partial charge in [0, 0.05) is 21.5 Å². The lowest BCUT2D eigenvalue weighted by atomic mass is 10.1. The van der Waals surface area contributed by atoms with Gasteiger partial charge in [0.2, 0.25) is 5.91 Å². The molecule has 0 saturated heterocycles. The van der Waals surface area contributed by atoms with Crippen LogP contribution in [0.3, 0.4) is 0 Å². The third kappa shape index (κ3) is 4.06. The molecule has 3 rings (SSSR count). The highest BCUT2D eigenvalue weighted by Gasteiger charge is 2.10. The molecular formula is C20H16FNO2S. The van der Waals surface area contributed by atoms with Crippen molar-refractivity contribution >= 4 is 39.9 Å². The summed E-state index contributed by atoms with van der Waals surface area (Å²) < 4.78 is 14.0. The molecule has 0 heterocycles. The number of fused-ring (bicyclic) bond motifs is 1. The molecule has 1 N–H and O–H groups in total. The number of amides is 1. The summed E-state index contributed by atoms with van der Waals surface area (Å²) in [6.45, 7) is 1.39. The summed E-state index contributed by atoms with van der Waals surface area (Å²) in [5.74, 6) is -0.810. The molecule has 5 heteroatoms. The third-order valence-electron chi connectivity index (χ3n) is 3.76. The fraction of sp³-hybridized carbons (Fsp3) is 0.100. The maximum absolute atomic E-state index is 14.0. The van der Waals surface area contributed by atoms with Gasteiger partial charge in [-0.05, 0) is 30.5 Å². The molecule has 0 bridgehead atoms. The molecule has 25 heavy (non-hydrogen) atoms. The number of carbonyl (C=O) groups is 2. The first-order valence-corrected chi connectivity index (χ1v) is 8.74. The zero-order valence-electron chi connectivity index (χ0n) is 13.6. The van der Waals surface area contributed by atoms with E-state index >= 15 is 0 Å². The van der Waals surface area contributed by atoms with Crippen LogP contribution in [0.5, 0.6) is 0 Å². The number of ketones is 1. The van der Waals surface area contributed by atoms with Crippen LogP contribution in [0.25, 0.3) is 10.8 Å². The van der Waals surface area contributed by atoms with Gasteiger partial charge in [0.15, 0.2) is 5.78 Å². The van der Waals surface area contributed by atoms with E-state index in [1.165, 1.54) is 19.1 Å². The van der Waals surface area contributed by atoms with Crippen molar-refractivity contribution in [1.29, 1.82) is 0 Å². The van der Waals surface area contributed by atoms with Gasteiger partial charge >= 0.3 is 0 Å². The fourth-order valence-corrected chi connectivity index (χ4v) is 3.22. The van der Waals surface area contributed by atoms with E-state index in [9.17, 15) is 14.0 Å². The summed E-state index contributed by atoms with van der Waals surface area (Å²) in [7, 11) is 0. The SMILES string of the molecule is CC(=O)c1ccc(SCC(=O)Nc2cccc3ccccc23)c(F)c1. The summed E-state index contributed by atoms with van der Waals surface area (Å²) in [6.07, 6.45) is 0. The van der Waals surface area contributed by atoms with Crippen LogP contribution in [0.15, 0.2) is 65.6 Å². The van der Waals surface area contributed by atoms with Crippen LogP contribution in [0.2, 0.25) is 0 Å². The van der Waals surface area contributed by atoms with Crippen molar-refractivity contribution in [3.8, 4) is 0 Å². The molecule has 0 aliphatic carbocycles. The minimum atomic E-state index is -0.490. The Morgan fingerprint density at radius 1 is 1.04 bits per heavy atom. The molecule has 1 amide bonds. The monoisotopic (exact) mass is 353 g/mol. The summed E-state index contributed by atoms with van der Waals surface area (Å²) >= 11 is 1.10. The van der Waals surface area contributed by atoms with Gasteiger partial charge < -0.3 is 5.32 Å². The second-order valence-corrected chi connectivity index (χ2v) is 6.58. The predicted molar refractivity (Wildman–Crippen MR) is 99.7 cm³/mol. The molecule has 0 atom stereocenters. The maximum atomic E-state index is 14.0. The molecule has 0 saturated carbocycles. The molecule has 0 aliphatic heterocycles. The summed E-state index contributed by atoms with van der Waals surface area (Å²) in [5.41, 5.74) is 1.05. The second kappa shape index (κ2) is 7.49. The minimum Gasteiger partial charge on any atom is -0.325 e. The molecule has 0 aromatic heterocycles. The lowest BCUT2D eigenvalue weighted by molar-refractivity contribution is -0.113. The predicted octanol–water partition coefficient (Wildman–Crippen LogP) is 4.91. The summed E-state index contributed by atoms with van der Waals surface area (Å²) in [5, 5.41) is 4.87. The first-order valence-electron chi connectivity index (χ1n) is 7.75. The van der Waals surface area contributed by atoms with Crippen molar-refractivity contribution in [2.75, 3.05) is 11.1 Å². The lowest BCUT2D eigenvalue weighted by Gasteiger charge is -2.09. The lowest BCUT2D eigenvalue weighted by Crippen LogP contribution is -2.14. The van der Waals surface area contributed by atoms with Crippen molar-refractivity contribution in [3.63, 3.8) is 0 Å². The average molecular weight is 353 g/mol. The maximum Gasteiger partial charge on any atom is 0.234 e. The number of rotatable bonds is 5. The zero-order valence-corrected chi connectivity index (χ0v) is 14.4. The minimum absolute atomic E-state index is 0.0829. The number of nitrogens with one attached hydrogen (secondary N) is 1. The van der Waals surface area contributed by atoms with Crippen LogP contribution in [-0.4, -0.2) is 17.4 Å². The van der Waals surface area contributed by atoms with Gasteiger partial charge in [0.1, 0.15) is 5.82 Å². The zero-order chi connectivity index (χ0) is 17.8. The first kappa shape index (κ1) is 17.2. The molecule has 3 nitrogen and oxygen atoms in total. The Hall–Kier alpha value is -2.66. The highest BCUT2D eigenvalue weighted by Crippen LogP contribution is 2.25. The first-order chi connectivity index (χ1) is 12.0. The number of thioether (sulfide) groups is 1. The number of hydrogen-bond donors (Lipinski definition) is 1. The Bertz CT molecular complexity index is 950. The second-order valence-electron chi connectivity index (χ2n) is 5.56. The standard InChI is InChI=1S/C20H16FNO2S/c1-13(23)15-9-10-19(17(21)11-15)25-12-20(24)22-18-8-4-6-14-5-2-3-7-16(14)18/h2-11H,12H2,1H3,(H,22,24). The number of anilines is 1. The van der Waals surface area contributed by atoms with E-state index in [0.717, 1.165) is 28.2 Å². The van der Waals surface area contributed by atoms with Crippen molar-refractivity contribution in [2.24, 2.45) is 0 Å². The van der Waals surface area contributed by atoms with Gasteiger partial charge in [0.05, 0.1) is 5.75 Å². The largest absolute Gasteiger partial charge is 0.325 e. The Morgan fingerprint density at radius 2 is 1.80 bits per heavy atom. The highest BCUT2D eigenvalue weighted by atomic mass is 32.2. The van der Waals surface area contributed by atoms with Crippen molar-refractivity contribution in [2.45, 2.75) is 11.8 Å². The molecule has 126 valence electrons. The molecule has 0 aliphatic rings.